The van der Waals surface area contributed by atoms with Crippen molar-refractivity contribution in [1.82, 2.24) is 9.88 Å². The summed E-state index contributed by atoms with van der Waals surface area (Å²) in [7, 11) is 3.44. The zero-order valence-electron chi connectivity index (χ0n) is 11.7. The van der Waals surface area contributed by atoms with Crippen molar-refractivity contribution in [2.75, 3.05) is 7.05 Å². The van der Waals surface area contributed by atoms with Gasteiger partial charge in [0, 0.05) is 24.2 Å². The lowest BCUT2D eigenvalue weighted by molar-refractivity contribution is 0.111. The summed E-state index contributed by atoms with van der Waals surface area (Å²) in [6.45, 7) is 0.464. The van der Waals surface area contributed by atoms with Crippen LogP contribution in [-0.2, 0) is 13.6 Å². The largest absolute Gasteiger partial charge is 0.333 e. The Bertz CT molecular complexity index is 641. The molecule has 0 spiro atoms. The van der Waals surface area contributed by atoms with Crippen molar-refractivity contribution in [2.24, 2.45) is 7.05 Å². The van der Waals surface area contributed by atoms with Crippen LogP contribution in [-0.4, -0.2) is 17.9 Å². The first kappa shape index (κ1) is 16.9. The van der Waals surface area contributed by atoms with Crippen LogP contribution in [0.1, 0.15) is 21.7 Å². The first-order valence-corrected chi connectivity index (χ1v) is 6.51. The van der Waals surface area contributed by atoms with Crippen LogP contribution in [0.4, 0.5) is 4.39 Å². The van der Waals surface area contributed by atoms with Gasteiger partial charge in [-0.1, -0.05) is 17.7 Å². The number of nitriles is 1. The molecule has 1 heterocycles. The van der Waals surface area contributed by atoms with Crippen molar-refractivity contribution >= 4 is 17.9 Å². The average molecular weight is 308 g/mol. The van der Waals surface area contributed by atoms with Gasteiger partial charge in [-0.3, -0.25) is 4.79 Å². The quantitative estimate of drug-likeness (QED) is 0.887. The molecule has 0 aliphatic carbocycles. The molecule has 4 nitrogen and oxygen atoms in total. The first-order chi connectivity index (χ1) is 10.0. The lowest BCUT2D eigenvalue weighted by atomic mass is 10.2. The van der Waals surface area contributed by atoms with E-state index in [1.807, 2.05) is 6.07 Å². The van der Waals surface area contributed by atoms with Gasteiger partial charge in [0.05, 0.1) is 5.69 Å². The van der Waals surface area contributed by atoms with Gasteiger partial charge in [-0.15, -0.1) is 0 Å². The summed E-state index contributed by atoms with van der Waals surface area (Å²) in [4.78, 5) is 10.2. The number of nitrogens with zero attached hydrogens (tertiary/aromatic N) is 2. The Labute approximate surface area is 127 Å². The molecule has 21 heavy (non-hydrogen) atoms. The zero-order valence-corrected chi connectivity index (χ0v) is 12.5. The predicted molar refractivity (Wildman–Crippen MR) is 79.7 cm³/mol. The summed E-state index contributed by atoms with van der Waals surface area (Å²) in [5.74, 6) is -0.258. The van der Waals surface area contributed by atoms with Gasteiger partial charge >= 0.3 is 0 Å². The molecule has 0 bridgehead atoms. The third-order valence-electron chi connectivity index (χ3n) is 2.81. The Morgan fingerprint density at radius 1 is 1.43 bits per heavy atom. The predicted octanol–water partition coefficient (Wildman–Crippen LogP) is 2.91. The molecule has 0 unspecified atom stereocenters. The van der Waals surface area contributed by atoms with Crippen LogP contribution in [0.2, 0.25) is 5.02 Å². The summed E-state index contributed by atoms with van der Waals surface area (Å²) in [6, 6.07) is 9.86. The van der Waals surface area contributed by atoms with Gasteiger partial charge in [-0.05, 0) is 31.3 Å². The second-order valence-corrected chi connectivity index (χ2v) is 4.57. The van der Waals surface area contributed by atoms with E-state index in [4.69, 9.17) is 16.9 Å². The molecule has 1 aromatic heterocycles. The Kier molecular flexibility index (Phi) is 6.60. The standard InChI is InChI=1S/C8H9ClFN.C7H6N2O/c1-11-5-6-7(9)3-2-4-8(6)10;1-9-6(4-8)2-3-7(9)5-10/h2-4,11H,5H2,1H3;2-3,5H,1H3. The number of rotatable bonds is 3. The Balaban J connectivity index is 0.000000211. The Morgan fingerprint density at radius 2 is 2.14 bits per heavy atom. The molecular formula is C15H15ClFN3O. The van der Waals surface area contributed by atoms with Crippen LogP contribution in [0, 0.1) is 17.1 Å². The number of carbonyl (C=O) groups excluding carboxylic acids is 1. The van der Waals surface area contributed by atoms with E-state index in [9.17, 15) is 9.18 Å². The summed E-state index contributed by atoms with van der Waals surface area (Å²) in [6.07, 6.45) is 0.723. The van der Waals surface area contributed by atoms with Crippen molar-refractivity contribution in [3.8, 4) is 6.07 Å². The Hall–Kier alpha value is -2.16. The SMILES string of the molecule is CNCc1c(F)cccc1Cl.Cn1c(C#N)ccc1C=O. The van der Waals surface area contributed by atoms with Crippen molar-refractivity contribution in [1.29, 1.82) is 5.26 Å². The minimum Gasteiger partial charge on any atom is -0.333 e. The highest BCUT2D eigenvalue weighted by molar-refractivity contribution is 6.31. The molecule has 0 saturated heterocycles. The second kappa shape index (κ2) is 8.20. The van der Waals surface area contributed by atoms with E-state index in [1.54, 1.807) is 42.9 Å². The van der Waals surface area contributed by atoms with Crippen LogP contribution in [0.15, 0.2) is 30.3 Å². The van der Waals surface area contributed by atoms with Crippen LogP contribution < -0.4 is 5.32 Å². The van der Waals surface area contributed by atoms with Gasteiger partial charge in [-0.25, -0.2) is 4.39 Å². The van der Waals surface area contributed by atoms with Crippen molar-refractivity contribution in [3.63, 3.8) is 0 Å². The molecule has 6 heteroatoms. The summed E-state index contributed by atoms with van der Waals surface area (Å²) in [5.41, 5.74) is 1.55. The van der Waals surface area contributed by atoms with Gasteiger partial charge in [0.1, 0.15) is 17.6 Å². The van der Waals surface area contributed by atoms with Crippen LogP contribution in [0.3, 0.4) is 0 Å². The molecule has 2 aromatic rings. The van der Waals surface area contributed by atoms with E-state index in [-0.39, 0.29) is 5.82 Å². The summed E-state index contributed by atoms with van der Waals surface area (Å²) >= 11 is 5.73. The molecule has 0 aliphatic heterocycles. The van der Waals surface area contributed by atoms with Gasteiger partial charge < -0.3 is 9.88 Å². The molecule has 0 saturated carbocycles. The minimum atomic E-state index is -0.258. The van der Waals surface area contributed by atoms with Gasteiger partial charge in [-0.2, -0.15) is 5.26 Å². The van der Waals surface area contributed by atoms with Crippen LogP contribution in [0.5, 0.6) is 0 Å². The smallest absolute Gasteiger partial charge is 0.166 e. The number of aldehydes is 1. The number of halogens is 2. The Morgan fingerprint density at radius 3 is 2.57 bits per heavy atom. The highest BCUT2D eigenvalue weighted by Gasteiger charge is 2.03. The first-order valence-electron chi connectivity index (χ1n) is 6.13. The van der Waals surface area contributed by atoms with Crippen LogP contribution >= 0.6 is 11.6 Å². The fraction of sp³-hybridized carbons (Fsp3) is 0.200. The monoisotopic (exact) mass is 307 g/mol. The molecule has 0 atom stereocenters. The van der Waals surface area contributed by atoms with E-state index in [0.29, 0.717) is 28.5 Å². The number of hydrogen-bond donors (Lipinski definition) is 1. The highest BCUT2D eigenvalue weighted by atomic mass is 35.5. The number of carbonyl (C=O) groups is 1. The molecule has 0 fully saturated rings. The minimum absolute atomic E-state index is 0.258. The fourth-order valence-corrected chi connectivity index (χ4v) is 1.87. The normalized spacial score (nSPS) is 9.48. The molecule has 1 aromatic carbocycles. The fourth-order valence-electron chi connectivity index (χ4n) is 1.64. The van der Waals surface area contributed by atoms with Crippen LogP contribution in [0.25, 0.3) is 0 Å². The number of aromatic nitrogens is 1. The third-order valence-corrected chi connectivity index (χ3v) is 3.17. The maximum Gasteiger partial charge on any atom is 0.166 e. The summed E-state index contributed by atoms with van der Waals surface area (Å²) in [5, 5.41) is 11.8. The zero-order chi connectivity index (χ0) is 15.8. The number of benzene rings is 1. The summed E-state index contributed by atoms with van der Waals surface area (Å²) < 4.78 is 14.5. The third kappa shape index (κ3) is 4.42. The van der Waals surface area contributed by atoms with Gasteiger partial charge in [0.25, 0.3) is 0 Å². The second-order valence-electron chi connectivity index (χ2n) is 4.16. The molecule has 0 amide bonds. The molecule has 0 aliphatic rings. The van der Waals surface area contributed by atoms with Crippen molar-refractivity contribution in [3.05, 3.63) is 58.1 Å². The van der Waals surface area contributed by atoms with Crippen molar-refractivity contribution < 1.29 is 9.18 Å². The molecule has 0 radical (unpaired) electrons. The maximum atomic E-state index is 12.9. The molecule has 110 valence electrons. The molecule has 1 N–H and O–H groups in total. The topological polar surface area (TPSA) is 57.8 Å². The van der Waals surface area contributed by atoms with Gasteiger partial charge in [0.2, 0.25) is 0 Å². The number of nitrogens with one attached hydrogen (secondary N) is 1. The molecular weight excluding hydrogens is 293 g/mol. The van der Waals surface area contributed by atoms with Gasteiger partial charge in [0.15, 0.2) is 6.29 Å². The van der Waals surface area contributed by atoms with E-state index < -0.39 is 0 Å². The number of hydrogen-bond acceptors (Lipinski definition) is 3. The van der Waals surface area contributed by atoms with E-state index in [0.717, 1.165) is 6.29 Å². The van der Waals surface area contributed by atoms with Crippen molar-refractivity contribution in [2.45, 2.75) is 6.54 Å². The maximum absolute atomic E-state index is 12.9. The van der Waals surface area contributed by atoms with E-state index in [2.05, 4.69) is 5.32 Å². The average Bonchev–Trinajstić information content (AvgIpc) is 2.84. The molecule has 2 rings (SSSR count). The van der Waals surface area contributed by atoms with E-state index in [1.165, 1.54) is 6.07 Å². The highest BCUT2D eigenvalue weighted by Crippen LogP contribution is 2.18. The lowest BCUT2D eigenvalue weighted by Crippen LogP contribution is -2.07. The lowest BCUT2D eigenvalue weighted by Gasteiger charge is -2.03. The van der Waals surface area contributed by atoms with E-state index >= 15 is 0 Å².